The summed E-state index contributed by atoms with van der Waals surface area (Å²) in [4.78, 5) is 16.2. The molecule has 168 valence electrons. The van der Waals surface area contributed by atoms with E-state index in [1.165, 1.54) is 18.3 Å². The molecule has 10 heteroatoms. The third-order valence-electron chi connectivity index (χ3n) is 4.32. The molecular weight excluding hydrogens is 429 g/mol. The number of rotatable bonds is 9. The Morgan fingerprint density at radius 1 is 1.22 bits per heavy atom. The van der Waals surface area contributed by atoms with Crippen molar-refractivity contribution < 1.29 is 37.2 Å². The molecule has 0 amide bonds. The standard InChI is InChI=1S/C22H19F3N2O5/c1-2-30-13-18-20(16-6-8-17(9-7-16)22(23,24)25)31-27-21(18)32-26-12-15-5-3-4-14(10-15)11-19(28)29/h3-10,12H,2,11,13H2,1H3,(H,28,29)/b26-12+. The molecule has 3 aromatic rings. The molecule has 0 bridgehead atoms. The average molecular weight is 448 g/mol. The third-order valence-corrected chi connectivity index (χ3v) is 4.32. The largest absolute Gasteiger partial charge is 0.481 e. The van der Waals surface area contributed by atoms with Crippen molar-refractivity contribution >= 4 is 12.2 Å². The first-order valence-electron chi connectivity index (χ1n) is 9.53. The van der Waals surface area contributed by atoms with Gasteiger partial charge in [0.2, 0.25) is 0 Å². The number of halogens is 3. The summed E-state index contributed by atoms with van der Waals surface area (Å²) in [7, 11) is 0. The van der Waals surface area contributed by atoms with E-state index < -0.39 is 17.7 Å². The highest BCUT2D eigenvalue weighted by atomic mass is 19.4. The molecule has 0 fully saturated rings. The van der Waals surface area contributed by atoms with Crippen LogP contribution in [0.5, 0.6) is 5.88 Å². The summed E-state index contributed by atoms with van der Waals surface area (Å²) in [6.07, 6.45) is -3.19. The number of ether oxygens (including phenoxy) is 1. The van der Waals surface area contributed by atoms with E-state index in [0.717, 1.165) is 12.1 Å². The van der Waals surface area contributed by atoms with Gasteiger partial charge in [0.25, 0.3) is 5.88 Å². The van der Waals surface area contributed by atoms with Crippen LogP contribution in [0.2, 0.25) is 0 Å². The zero-order valence-corrected chi connectivity index (χ0v) is 16.9. The molecule has 0 radical (unpaired) electrons. The number of carbonyl (C=O) groups is 1. The molecule has 3 rings (SSSR count). The zero-order valence-electron chi connectivity index (χ0n) is 16.9. The maximum absolute atomic E-state index is 12.8. The van der Waals surface area contributed by atoms with E-state index in [9.17, 15) is 18.0 Å². The second-order valence-corrected chi connectivity index (χ2v) is 6.65. The summed E-state index contributed by atoms with van der Waals surface area (Å²) in [6, 6.07) is 11.2. The lowest BCUT2D eigenvalue weighted by Gasteiger charge is -2.07. The molecule has 1 N–H and O–H groups in total. The molecule has 0 aliphatic carbocycles. The number of aliphatic carboxylic acids is 1. The van der Waals surface area contributed by atoms with Gasteiger partial charge in [-0.1, -0.05) is 35.5 Å². The predicted molar refractivity (Wildman–Crippen MR) is 108 cm³/mol. The molecule has 32 heavy (non-hydrogen) atoms. The summed E-state index contributed by atoms with van der Waals surface area (Å²) < 4.78 is 49.2. The number of benzene rings is 2. The Kier molecular flexibility index (Phi) is 7.26. The topological polar surface area (TPSA) is 94.2 Å². The fraction of sp³-hybridized carbons (Fsp3) is 0.227. The first-order valence-corrected chi connectivity index (χ1v) is 9.53. The number of alkyl halides is 3. The van der Waals surface area contributed by atoms with Crippen LogP contribution in [-0.2, 0) is 28.7 Å². The Bertz CT molecular complexity index is 1090. The highest BCUT2D eigenvalue weighted by Crippen LogP contribution is 2.34. The van der Waals surface area contributed by atoms with Crippen LogP contribution in [0.4, 0.5) is 13.2 Å². The van der Waals surface area contributed by atoms with Crippen molar-refractivity contribution in [1.29, 1.82) is 0 Å². The van der Waals surface area contributed by atoms with Crippen LogP contribution in [0.1, 0.15) is 29.2 Å². The Morgan fingerprint density at radius 2 is 1.97 bits per heavy atom. The molecule has 1 heterocycles. The van der Waals surface area contributed by atoms with Gasteiger partial charge < -0.3 is 19.2 Å². The molecule has 0 unspecified atom stereocenters. The van der Waals surface area contributed by atoms with Crippen LogP contribution < -0.4 is 4.84 Å². The SMILES string of the molecule is CCOCc1c(O/N=C/c2cccc(CC(=O)O)c2)noc1-c1ccc(C(F)(F)F)cc1. The van der Waals surface area contributed by atoms with Crippen molar-refractivity contribution in [2.45, 2.75) is 26.1 Å². The smallest absolute Gasteiger partial charge is 0.416 e. The van der Waals surface area contributed by atoms with Crippen molar-refractivity contribution in [2.75, 3.05) is 6.61 Å². The Labute approximate surface area is 181 Å². The van der Waals surface area contributed by atoms with Gasteiger partial charge in [-0.25, -0.2) is 0 Å². The minimum atomic E-state index is -4.45. The van der Waals surface area contributed by atoms with E-state index in [1.807, 2.05) is 0 Å². The number of hydrogen-bond donors (Lipinski definition) is 1. The van der Waals surface area contributed by atoms with Gasteiger partial charge in [0.1, 0.15) is 0 Å². The zero-order chi connectivity index (χ0) is 23.1. The second-order valence-electron chi connectivity index (χ2n) is 6.65. The lowest BCUT2D eigenvalue weighted by atomic mass is 10.1. The summed E-state index contributed by atoms with van der Waals surface area (Å²) >= 11 is 0. The first-order chi connectivity index (χ1) is 15.3. The molecule has 0 aliphatic heterocycles. The van der Waals surface area contributed by atoms with Crippen LogP contribution in [0, 0.1) is 0 Å². The highest BCUT2D eigenvalue weighted by molar-refractivity contribution is 5.80. The highest BCUT2D eigenvalue weighted by Gasteiger charge is 2.30. The number of oxime groups is 1. The van der Waals surface area contributed by atoms with Crippen molar-refractivity contribution in [3.05, 3.63) is 70.8 Å². The second kappa shape index (κ2) is 10.1. The fourth-order valence-corrected chi connectivity index (χ4v) is 2.83. The van der Waals surface area contributed by atoms with Gasteiger partial charge in [-0.15, -0.1) is 0 Å². The van der Waals surface area contributed by atoms with Crippen molar-refractivity contribution in [3.63, 3.8) is 0 Å². The summed E-state index contributed by atoms with van der Waals surface area (Å²) in [6.45, 7) is 2.22. The Balaban J connectivity index is 1.81. The van der Waals surface area contributed by atoms with Crippen LogP contribution in [0.3, 0.4) is 0 Å². The Morgan fingerprint density at radius 3 is 2.62 bits per heavy atom. The molecule has 1 aromatic heterocycles. The van der Waals surface area contributed by atoms with Gasteiger partial charge in [0.15, 0.2) is 5.76 Å². The lowest BCUT2D eigenvalue weighted by Crippen LogP contribution is -2.04. The van der Waals surface area contributed by atoms with Crippen LogP contribution in [0.25, 0.3) is 11.3 Å². The maximum Gasteiger partial charge on any atom is 0.416 e. The normalized spacial score (nSPS) is 11.8. The van der Waals surface area contributed by atoms with E-state index in [-0.39, 0.29) is 24.7 Å². The molecule has 0 atom stereocenters. The monoisotopic (exact) mass is 448 g/mol. The molecule has 0 spiro atoms. The number of hydrogen-bond acceptors (Lipinski definition) is 6. The first kappa shape index (κ1) is 23.0. The maximum atomic E-state index is 12.8. The van der Waals surface area contributed by atoms with E-state index >= 15 is 0 Å². The Hall–Kier alpha value is -3.66. The van der Waals surface area contributed by atoms with E-state index in [1.54, 1.807) is 31.2 Å². The van der Waals surface area contributed by atoms with Crippen molar-refractivity contribution in [1.82, 2.24) is 5.16 Å². The number of aromatic nitrogens is 1. The van der Waals surface area contributed by atoms with E-state index in [4.69, 9.17) is 19.2 Å². The predicted octanol–water partition coefficient (Wildman–Crippen LogP) is 4.94. The summed E-state index contributed by atoms with van der Waals surface area (Å²) in [5.74, 6) is -0.735. The van der Waals surface area contributed by atoms with Gasteiger partial charge in [-0.05, 0) is 41.4 Å². The number of nitrogens with zero attached hydrogens (tertiary/aromatic N) is 2. The van der Waals surface area contributed by atoms with Gasteiger partial charge in [-0.2, -0.15) is 13.2 Å². The van der Waals surface area contributed by atoms with Crippen molar-refractivity contribution in [2.24, 2.45) is 5.16 Å². The van der Waals surface area contributed by atoms with E-state index in [0.29, 0.717) is 28.9 Å². The molecule has 0 saturated heterocycles. The van der Waals surface area contributed by atoms with E-state index in [2.05, 4.69) is 10.3 Å². The van der Waals surface area contributed by atoms with Gasteiger partial charge in [-0.3, -0.25) is 4.79 Å². The summed E-state index contributed by atoms with van der Waals surface area (Å²) in [5, 5.41) is 16.6. The average Bonchev–Trinajstić information content (AvgIpc) is 3.14. The minimum Gasteiger partial charge on any atom is -0.481 e. The van der Waals surface area contributed by atoms with Crippen LogP contribution >= 0.6 is 0 Å². The van der Waals surface area contributed by atoms with Gasteiger partial charge >= 0.3 is 12.1 Å². The number of carboxylic acid groups (broad SMARTS) is 1. The number of carboxylic acids is 1. The molecular formula is C22H19F3N2O5. The van der Waals surface area contributed by atoms with Gasteiger partial charge in [0.05, 0.1) is 30.4 Å². The molecule has 7 nitrogen and oxygen atoms in total. The minimum absolute atomic E-state index is 0.00582. The third kappa shape index (κ3) is 5.94. The molecule has 0 saturated carbocycles. The van der Waals surface area contributed by atoms with Crippen molar-refractivity contribution in [3.8, 4) is 17.2 Å². The van der Waals surface area contributed by atoms with Gasteiger partial charge in [0, 0.05) is 12.2 Å². The van der Waals surface area contributed by atoms with Crippen LogP contribution in [0.15, 0.2) is 58.2 Å². The quantitative estimate of drug-likeness (QED) is 0.368. The molecule has 2 aromatic carbocycles. The fourth-order valence-electron chi connectivity index (χ4n) is 2.83. The summed E-state index contributed by atoms with van der Waals surface area (Å²) in [5.41, 5.74) is 1.20. The van der Waals surface area contributed by atoms with Crippen LogP contribution in [-0.4, -0.2) is 29.1 Å². The molecule has 0 aliphatic rings. The lowest BCUT2D eigenvalue weighted by molar-refractivity contribution is -0.138.